The summed E-state index contributed by atoms with van der Waals surface area (Å²) in [7, 11) is 0. The maximum atomic E-state index is 11.7. The van der Waals surface area contributed by atoms with Gasteiger partial charge in [-0.05, 0) is 54.8 Å². The Labute approximate surface area is 137 Å². The summed E-state index contributed by atoms with van der Waals surface area (Å²) in [5.74, 6) is 0.406. The van der Waals surface area contributed by atoms with Crippen LogP contribution in [0.1, 0.15) is 16.7 Å². The number of hydrazone groups is 1. The fourth-order valence-corrected chi connectivity index (χ4v) is 2.61. The monoisotopic (exact) mass is 361 g/mol. The number of rotatable bonds is 5. The minimum Gasteiger partial charge on any atom is -0.483 e. The van der Waals surface area contributed by atoms with Gasteiger partial charge < -0.3 is 4.74 Å². The minimum absolute atomic E-state index is 0.0863. The first-order chi connectivity index (χ1) is 10.6. The number of hydrogen-bond donors (Lipinski definition) is 1. The van der Waals surface area contributed by atoms with E-state index in [0.717, 1.165) is 26.9 Å². The summed E-state index contributed by atoms with van der Waals surface area (Å²) < 4.78 is 6.56. The molecule has 0 fully saturated rings. The van der Waals surface area contributed by atoms with Crippen LogP contribution in [0, 0.1) is 13.8 Å². The largest absolute Gasteiger partial charge is 0.483 e. The molecule has 1 aromatic carbocycles. The number of hydrogen-bond acceptors (Lipinski definition) is 4. The number of aromatic nitrogens is 1. The number of pyridine rings is 1. The van der Waals surface area contributed by atoms with E-state index in [2.05, 4.69) is 31.4 Å². The van der Waals surface area contributed by atoms with Crippen LogP contribution in [0.5, 0.6) is 5.75 Å². The SMILES string of the molecule is Cc1cc(Br)cc(C)c1OCC(=O)N/N=C\c1ccncc1. The van der Waals surface area contributed by atoms with E-state index in [1.807, 2.05) is 26.0 Å². The lowest BCUT2D eigenvalue weighted by molar-refractivity contribution is -0.123. The number of carbonyl (C=O) groups excluding carboxylic acids is 1. The molecule has 5 nitrogen and oxygen atoms in total. The highest BCUT2D eigenvalue weighted by Gasteiger charge is 2.08. The molecule has 2 aromatic rings. The molecule has 1 N–H and O–H groups in total. The number of amides is 1. The third-order valence-corrected chi connectivity index (χ3v) is 3.34. The standard InChI is InChI=1S/C16H16BrN3O2/c1-11-7-14(17)8-12(2)16(11)22-10-15(21)20-19-9-13-3-5-18-6-4-13/h3-9H,10H2,1-2H3,(H,20,21)/b19-9-. The van der Waals surface area contributed by atoms with Crippen LogP contribution in [-0.2, 0) is 4.79 Å². The van der Waals surface area contributed by atoms with Crippen molar-refractivity contribution >= 4 is 28.1 Å². The van der Waals surface area contributed by atoms with Crippen LogP contribution in [-0.4, -0.2) is 23.7 Å². The fraction of sp³-hybridized carbons (Fsp3) is 0.188. The van der Waals surface area contributed by atoms with Crippen molar-refractivity contribution in [2.75, 3.05) is 6.61 Å². The second-order valence-corrected chi connectivity index (χ2v) is 5.65. The summed E-state index contributed by atoms with van der Waals surface area (Å²) in [6.45, 7) is 3.79. The van der Waals surface area contributed by atoms with Crippen molar-refractivity contribution in [1.29, 1.82) is 0 Å². The predicted octanol–water partition coefficient (Wildman–Crippen LogP) is 2.99. The van der Waals surface area contributed by atoms with Crippen molar-refractivity contribution in [2.45, 2.75) is 13.8 Å². The first-order valence-electron chi connectivity index (χ1n) is 6.68. The lowest BCUT2D eigenvalue weighted by Gasteiger charge is -2.11. The maximum Gasteiger partial charge on any atom is 0.277 e. The molecule has 0 aliphatic carbocycles. The van der Waals surface area contributed by atoms with Crippen molar-refractivity contribution in [2.24, 2.45) is 5.10 Å². The summed E-state index contributed by atoms with van der Waals surface area (Å²) >= 11 is 3.43. The van der Waals surface area contributed by atoms with Gasteiger partial charge in [0.1, 0.15) is 5.75 Å². The molecule has 0 aliphatic heterocycles. The molecule has 1 amide bonds. The number of benzene rings is 1. The van der Waals surface area contributed by atoms with Crippen molar-refractivity contribution in [3.8, 4) is 5.75 Å². The fourth-order valence-electron chi connectivity index (χ4n) is 1.92. The molecular formula is C16H16BrN3O2. The van der Waals surface area contributed by atoms with Crippen molar-refractivity contribution in [1.82, 2.24) is 10.4 Å². The summed E-state index contributed by atoms with van der Waals surface area (Å²) in [5.41, 5.74) is 5.23. The molecule has 1 heterocycles. The predicted molar refractivity (Wildman–Crippen MR) is 89.1 cm³/mol. The number of halogens is 1. The summed E-state index contributed by atoms with van der Waals surface area (Å²) in [6, 6.07) is 7.48. The van der Waals surface area contributed by atoms with E-state index >= 15 is 0 Å². The van der Waals surface area contributed by atoms with Gasteiger partial charge in [0.15, 0.2) is 6.61 Å². The van der Waals surface area contributed by atoms with Gasteiger partial charge in [-0.1, -0.05) is 15.9 Å². The number of ether oxygens (including phenoxy) is 1. The van der Waals surface area contributed by atoms with E-state index in [1.165, 1.54) is 0 Å². The van der Waals surface area contributed by atoms with Crippen LogP contribution in [0.3, 0.4) is 0 Å². The first-order valence-corrected chi connectivity index (χ1v) is 7.47. The van der Waals surface area contributed by atoms with E-state index in [-0.39, 0.29) is 12.5 Å². The van der Waals surface area contributed by atoms with Gasteiger partial charge in [0, 0.05) is 16.9 Å². The van der Waals surface area contributed by atoms with Gasteiger partial charge in [-0.25, -0.2) is 5.43 Å². The Morgan fingerprint density at radius 3 is 2.59 bits per heavy atom. The van der Waals surface area contributed by atoms with E-state index in [4.69, 9.17) is 4.74 Å². The van der Waals surface area contributed by atoms with Crippen LogP contribution >= 0.6 is 15.9 Å². The van der Waals surface area contributed by atoms with Gasteiger partial charge >= 0.3 is 0 Å². The molecule has 0 spiro atoms. The van der Waals surface area contributed by atoms with Gasteiger partial charge in [0.2, 0.25) is 0 Å². The van der Waals surface area contributed by atoms with Gasteiger partial charge in [-0.2, -0.15) is 5.10 Å². The lowest BCUT2D eigenvalue weighted by Crippen LogP contribution is -2.25. The molecule has 0 aliphatic rings. The third-order valence-electron chi connectivity index (χ3n) is 2.88. The van der Waals surface area contributed by atoms with Crippen molar-refractivity contribution in [3.63, 3.8) is 0 Å². The van der Waals surface area contributed by atoms with Crippen LogP contribution in [0.2, 0.25) is 0 Å². The topological polar surface area (TPSA) is 63.6 Å². The second-order valence-electron chi connectivity index (χ2n) is 4.73. The van der Waals surface area contributed by atoms with Crippen molar-refractivity contribution < 1.29 is 9.53 Å². The molecule has 22 heavy (non-hydrogen) atoms. The first kappa shape index (κ1) is 16.2. The Morgan fingerprint density at radius 1 is 1.32 bits per heavy atom. The van der Waals surface area contributed by atoms with Gasteiger partial charge in [0.25, 0.3) is 5.91 Å². The molecule has 6 heteroatoms. The Balaban J connectivity index is 1.87. The Bertz CT molecular complexity index is 664. The van der Waals surface area contributed by atoms with Gasteiger partial charge in [0.05, 0.1) is 6.21 Å². The van der Waals surface area contributed by atoms with Crippen molar-refractivity contribution in [3.05, 3.63) is 57.8 Å². The number of aryl methyl sites for hydroxylation is 2. The molecular weight excluding hydrogens is 346 g/mol. The number of carbonyl (C=O) groups is 1. The van der Waals surface area contributed by atoms with Crippen LogP contribution < -0.4 is 10.2 Å². The Morgan fingerprint density at radius 2 is 1.95 bits per heavy atom. The lowest BCUT2D eigenvalue weighted by atomic mass is 10.1. The average Bonchev–Trinajstić information content (AvgIpc) is 2.47. The van der Waals surface area contributed by atoms with E-state index in [0.29, 0.717) is 0 Å². The molecule has 114 valence electrons. The molecule has 0 saturated heterocycles. The zero-order valence-corrected chi connectivity index (χ0v) is 13.9. The van der Waals surface area contributed by atoms with Crippen LogP contribution in [0.4, 0.5) is 0 Å². The van der Waals surface area contributed by atoms with Gasteiger partial charge in [-0.3, -0.25) is 9.78 Å². The zero-order chi connectivity index (χ0) is 15.9. The zero-order valence-electron chi connectivity index (χ0n) is 12.3. The van der Waals surface area contributed by atoms with E-state index in [1.54, 1.807) is 30.7 Å². The second kappa shape index (κ2) is 7.70. The highest BCUT2D eigenvalue weighted by Crippen LogP contribution is 2.27. The van der Waals surface area contributed by atoms with Crippen LogP contribution in [0.25, 0.3) is 0 Å². The van der Waals surface area contributed by atoms with Gasteiger partial charge in [-0.15, -0.1) is 0 Å². The smallest absolute Gasteiger partial charge is 0.277 e. The highest BCUT2D eigenvalue weighted by atomic mass is 79.9. The highest BCUT2D eigenvalue weighted by molar-refractivity contribution is 9.10. The molecule has 0 atom stereocenters. The third kappa shape index (κ3) is 4.66. The van der Waals surface area contributed by atoms with Crippen LogP contribution in [0.15, 0.2) is 46.2 Å². The summed E-state index contributed by atoms with van der Waals surface area (Å²) in [5, 5.41) is 3.87. The summed E-state index contributed by atoms with van der Waals surface area (Å²) in [6.07, 6.45) is 4.87. The molecule has 0 unspecified atom stereocenters. The molecule has 1 aromatic heterocycles. The Kier molecular flexibility index (Phi) is 5.66. The summed E-state index contributed by atoms with van der Waals surface area (Å²) in [4.78, 5) is 15.6. The minimum atomic E-state index is -0.313. The normalized spacial score (nSPS) is 10.7. The molecule has 0 radical (unpaired) electrons. The number of nitrogens with one attached hydrogen (secondary N) is 1. The maximum absolute atomic E-state index is 11.7. The average molecular weight is 362 g/mol. The molecule has 0 saturated carbocycles. The number of nitrogens with zero attached hydrogens (tertiary/aromatic N) is 2. The van der Waals surface area contributed by atoms with E-state index < -0.39 is 0 Å². The molecule has 0 bridgehead atoms. The van der Waals surface area contributed by atoms with E-state index in [9.17, 15) is 4.79 Å². The molecule has 2 rings (SSSR count). The Hall–Kier alpha value is -2.21. The quantitative estimate of drug-likeness (QED) is 0.657.